The third-order valence-electron chi connectivity index (χ3n) is 3.51. The Labute approximate surface area is 137 Å². The van der Waals surface area contributed by atoms with Gasteiger partial charge in [-0.15, -0.1) is 0 Å². The standard InChI is InChI=1S/C17H37NO4/c1-6-20-16(15-19-5)11-9-13-18(4)14-10-12-17(21-7-2)22-8-3/h16-17H,6-15H2,1-5H3. The minimum atomic E-state index is -0.0487. The average Bonchev–Trinajstić information content (AvgIpc) is 2.48. The quantitative estimate of drug-likeness (QED) is 0.409. The zero-order valence-corrected chi connectivity index (χ0v) is 15.3. The zero-order valence-electron chi connectivity index (χ0n) is 15.3. The molecule has 22 heavy (non-hydrogen) atoms. The van der Waals surface area contributed by atoms with Crippen LogP contribution in [0, 0.1) is 0 Å². The molecule has 1 atom stereocenters. The van der Waals surface area contributed by atoms with Gasteiger partial charge in [0.05, 0.1) is 12.7 Å². The molecule has 0 saturated heterocycles. The molecule has 0 radical (unpaired) electrons. The summed E-state index contributed by atoms with van der Waals surface area (Å²) in [5.74, 6) is 0. The number of methoxy groups -OCH3 is 1. The third-order valence-corrected chi connectivity index (χ3v) is 3.51. The summed E-state index contributed by atoms with van der Waals surface area (Å²) < 4.78 is 22.0. The number of hydrogen-bond donors (Lipinski definition) is 0. The van der Waals surface area contributed by atoms with Crippen molar-refractivity contribution in [3.63, 3.8) is 0 Å². The molecule has 0 rings (SSSR count). The summed E-state index contributed by atoms with van der Waals surface area (Å²) in [7, 11) is 3.90. The lowest BCUT2D eigenvalue weighted by atomic mass is 10.2. The van der Waals surface area contributed by atoms with Crippen molar-refractivity contribution in [2.24, 2.45) is 0 Å². The summed E-state index contributed by atoms with van der Waals surface area (Å²) >= 11 is 0. The van der Waals surface area contributed by atoms with E-state index in [-0.39, 0.29) is 12.4 Å². The van der Waals surface area contributed by atoms with E-state index in [9.17, 15) is 0 Å². The van der Waals surface area contributed by atoms with Crippen LogP contribution in [0.2, 0.25) is 0 Å². The van der Waals surface area contributed by atoms with Crippen LogP contribution in [0.25, 0.3) is 0 Å². The maximum atomic E-state index is 5.65. The minimum Gasteiger partial charge on any atom is -0.382 e. The fourth-order valence-corrected chi connectivity index (χ4v) is 2.45. The fraction of sp³-hybridized carbons (Fsp3) is 1.00. The molecule has 134 valence electrons. The number of nitrogens with zero attached hydrogens (tertiary/aromatic N) is 1. The molecule has 0 aliphatic heterocycles. The summed E-state index contributed by atoms with van der Waals surface area (Å²) in [6, 6.07) is 0. The minimum absolute atomic E-state index is 0.0487. The topological polar surface area (TPSA) is 40.2 Å². The molecule has 0 aliphatic carbocycles. The van der Waals surface area contributed by atoms with Gasteiger partial charge in [0.25, 0.3) is 0 Å². The van der Waals surface area contributed by atoms with Crippen LogP contribution in [0.4, 0.5) is 0 Å². The van der Waals surface area contributed by atoms with Crippen molar-refractivity contribution in [2.75, 3.05) is 53.7 Å². The second kappa shape index (κ2) is 15.7. The van der Waals surface area contributed by atoms with Crippen molar-refractivity contribution in [3.05, 3.63) is 0 Å². The lowest BCUT2D eigenvalue weighted by molar-refractivity contribution is -0.140. The summed E-state index contributed by atoms with van der Waals surface area (Å²) in [5.41, 5.74) is 0. The van der Waals surface area contributed by atoms with Gasteiger partial charge in [-0.2, -0.15) is 0 Å². The molecule has 0 amide bonds. The SMILES string of the molecule is CCOC(CCCN(C)CCCC(OCC)OCC)COC. The smallest absolute Gasteiger partial charge is 0.157 e. The van der Waals surface area contributed by atoms with E-state index in [1.165, 1.54) is 0 Å². The van der Waals surface area contributed by atoms with Crippen LogP contribution in [0.15, 0.2) is 0 Å². The normalized spacial score (nSPS) is 13.2. The predicted molar refractivity (Wildman–Crippen MR) is 90.3 cm³/mol. The average molecular weight is 319 g/mol. The van der Waals surface area contributed by atoms with Gasteiger partial charge in [-0.3, -0.25) is 0 Å². The van der Waals surface area contributed by atoms with Crippen molar-refractivity contribution in [3.8, 4) is 0 Å². The van der Waals surface area contributed by atoms with Crippen molar-refractivity contribution in [2.45, 2.75) is 58.8 Å². The molecular formula is C17H37NO4. The van der Waals surface area contributed by atoms with Crippen LogP contribution in [0.1, 0.15) is 46.5 Å². The highest BCUT2D eigenvalue weighted by Crippen LogP contribution is 2.07. The highest BCUT2D eigenvalue weighted by Gasteiger charge is 2.10. The van der Waals surface area contributed by atoms with Crippen LogP contribution in [0.3, 0.4) is 0 Å². The Morgan fingerprint density at radius 2 is 1.36 bits per heavy atom. The molecule has 5 nitrogen and oxygen atoms in total. The van der Waals surface area contributed by atoms with Crippen LogP contribution in [0.5, 0.6) is 0 Å². The zero-order chi connectivity index (χ0) is 16.6. The van der Waals surface area contributed by atoms with Crippen molar-refractivity contribution in [1.82, 2.24) is 4.90 Å². The van der Waals surface area contributed by atoms with Crippen LogP contribution < -0.4 is 0 Å². The van der Waals surface area contributed by atoms with Gasteiger partial charge in [-0.05, 0) is 66.6 Å². The highest BCUT2D eigenvalue weighted by atomic mass is 16.7. The van der Waals surface area contributed by atoms with Crippen LogP contribution in [-0.2, 0) is 18.9 Å². The van der Waals surface area contributed by atoms with Crippen LogP contribution >= 0.6 is 0 Å². The Balaban J connectivity index is 3.72. The number of ether oxygens (including phenoxy) is 4. The van der Waals surface area contributed by atoms with Gasteiger partial charge >= 0.3 is 0 Å². The summed E-state index contributed by atoms with van der Waals surface area (Å²) in [5, 5.41) is 0. The molecule has 0 bridgehead atoms. The van der Waals surface area contributed by atoms with E-state index in [1.54, 1.807) is 7.11 Å². The first-order valence-corrected chi connectivity index (χ1v) is 8.70. The van der Waals surface area contributed by atoms with Crippen molar-refractivity contribution < 1.29 is 18.9 Å². The molecule has 0 N–H and O–H groups in total. The molecule has 1 unspecified atom stereocenters. The second-order valence-corrected chi connectivity index (χ2v) is 5.46. The fourth-order valence-electron chi connectivity index (χ4n) is 2.45. The van der Waals surface area contributed by atoms with E-state index in [0.29, 0.717) is 19.8 Å². The Kier molecular flexibility index (Phi) is 15.5. The van der Waals surface area contributed by atoms with E-state index in [4.69, 9.17) is 18.9 Å². The molecule has 0 heterocycles. The molecule has 0 spiro atoms. The number of rotatable bonds is 16. The van der Waals surface area contributed by atoms with Gasteiger partial charge in [-0.1, -0.05) is 0 Å². The molecular weight excluding hydrogens is 282 g/mol. The van der Waals surface area contributed by atoms with Crippen molar-refractivity contribution in [1.29, 1.82) is 0 Å². The first-order chi connectivity index (χ1) is 10.7. The lowest BCUT2D eigenvalue weighted by Gasteiger charge is -2.21. The van der Waals surface area contributed by atoms with Gasteiger partial charge < -0.3 is 23.8 Å². The van der Waals surface area contributed by atoms with Gasteiger partial charge in [0.1, 0.15) is 0 Å². The van der Waals surface area contributed by atoms with E-state index < -0.39 is 0 Å². The predicted octanol–water partition coefficient (Wildman–Crippen LogP) is 2.93. The van der Waals surface area contributed by atoms with E-state index in [1.807, 2.05) is 20.8 Å². The molecule has 0 saturated carbocycles. The summed E-state index contributed by atoms with van der Waals surface area (Å²) in [4.78, 5) is 2.37. The van der Waals surface area contributed by atoms with E-state index >= 15 is 0 Å². The van der Waals surface area contributed by atoms with E-state index in [2.05, 4.69) is 11.9 Å². The molecule has 0 aromatic rings. The Hall–Kier alpha value is -0.200. The first kappa shape index (κ1) is 21.8. The Bertz CT molecular complexity index is 195. The molecule has 0 aliphatic rings. The monoisotopic (exact) mass is 319 g/mol. The van der Waals surface area contributed by atoms with Gasteiger partial charge in [0, 0.05) is 26.9 Å². The molecule has 5 heteroatoms. The second-order valence-electron chi connectivity index (χ2n) is 5.46. The largest absolute Gasteiger partial charge is 0.382 e. The molecule has 0 fully saturated rings. The summed E-state index contributed by atoms with van der Waals surface area (Å²) in [6.07, 6.45) is 4.40. The number of hydrogen-bond acceptors (Lipinski definition) is 5. The Morgan fingerprint density at radius 3 is 1.86 bits per heavy atom. The Morgan fingerprint density at radius 1 is 0.818 bits per heavy atom. The summed E-state index contributed by atoms with van der Waals surface area (Å²) in [6.45, 7) is 11.0. The van der Waals surface area contributed by atoms with Crippen molar-refractivity contribution >= 4 is 0 Å². The van der Waals surface area contributed by atoms with E-state index in [0.717, 1.165) is 45.4 Å². The van der Waals surface area contributed by atoms with Crippen LogP contribution in [-0.4, -0.2) is 71.0 Å². The molecule has 0 aromatic heterocycles. The highest BCUT2D eigenvalue weighted by molar-refractivity contribution is 4.60. The van der Waals surface area contributed by atoms with Gasteiger partial charge in [-0.25, -0.2) is 0 Å². The maximum absolute atomic E-state index is 5.65. The van der Waals surface area contributed by atoms with Gasteiger partial charge in [0.2, 0.25) is 0 Å². The van der Waals surface area contributed by atoms with Gasteiger partial charge in [0.15, 0.2) is 6.29 Å². The molecule has 0 aromatic carbocycles. The third kappa shape index (κ3) is 12.4. The maximum Gasteiger partial charge on any atom is 0.157 e. The first-order valence-electron chi connectivity index (χ1n) is 8.70. The lowest BCUT2D eigenvalue weighted by Crippen LogP contribution is -2.26.